The summed E-state index contributed by atoms with van der Waals surface area (Å²) in [6, 6.07) is 0. The van der Waals surface area contributed by atoms with Crippen molar-refractivity contribution in [3.05, 3.63) is 31.0 Å². The smallest absolute Gasteiger partial charge is 0.272 e. The van der Waals surface area contributed by atoms with Gasteiger partial charge in [0.2, 0.25) is 4.51 Å². The number of amides is 3. The maximum absolute atomic E-state index is 12.2. The lowest BCUT2D eigenvalue weighted by Crippen LogP contribution is -2.37. The summed E-state index contributed by atoms with van der Waals surface area (Å²) in [4.78, 5) is 38.9. The number of unbranched alkanes of at least 4 members (excludes halogenated alkanes) is 1. The highest BCUT2D eigenvalue weighted by atomic mass is 79.9. The number of nitrogens with one attached hydrogen (secondary N) is 5. The number of methoxy groups -OCH3 is 1. The Balaban J connectivity index is 1.50. The molecule has 3 amide bonds. The van der Waals surface area contributed by atoms with Gasteiger partial charge in [0.15, 0.2) is 0 Å². The van der Waals surface area contributed by atoms with Crippen LogP contribution in [0, 0.1) is 0 Å². The van der Waals surface area contributed by atoms with Gasteiger partial charge in [0.1, 0.15) is 11.4 Å². The van der Waals surface area contributed by atoms with Crippen LogP contribution in [0.4, 0.5) is 0 Å². The fourth-order valence-electron chi connectivity index (χ4n) is 2.65. The number of carbonyl (C=O) groups excluding carboxylic acids is 3. The summed E-state index contributed by atoms with van der Waals surface area (Å²) in [5.74, 6) is -0.949. The van der Waals surface area contributed by atoms with E-state index >= 15 is 0 Å². The van der Waals surface area contributed by atoms with Crippen LogP contribution in [-0.4, -0.2) is 60.5 Å². The normalized spacial score (nSPS) is 18.0. The molecule has 2 heterocycles. The van der Waals surface area contributed by atoms with E-state index in [1.807, 2.05) is 0 Å². The molecule has 172 valence electrons. The Bertz CT molecular complexity index is 860. The Morgan fingerprint density at radius 1 is 1.00 bits per heavy atom. The summed E-state index contributed by atoms with van der Waals surface area (Å²) < 4.78 is 5.92. The molecule has 31 heavy (non-hydrogen) atoms. The molecule has 0 saturated carbocycles. The van der Waals surface area contributed by atoms with E-state index in [1.165, 1.54) is 13.2 Å². The van der Waals surface area contributed by atoms with E-state index in [-0.39, 0.29) is 17.5 Å². The molecule has 0 spiro atoms. The fraction of sp³-hybridized carbons (Fsp3) is 0.500. The van der Waals surface area contributed by atoms with Crippen LogP contribution >= 0.6 is 63.7 Å². The van der Waals surface area contributed by atoms with Crippen molar-refractivity contribution in [3.63, 3.8) is 0 Å². The van der Waals surface area contributed by atoms with Gasteiger partial charge in [-0.2, -0.15) is 0 Å². The first-order valence-corrected chi connectivity index (χ1v) is 12.6. The second kappa shape index (κ2) is 12.5. The third-order valence-corrected chi connectivity index (χ3v) is 8.54. The summed E-state index contributed by atoms with van der Waals surface area (Å²) >= 11 is 13.2. The molecule has 0 aliphatic carbocycles. The number of hydrogen-bond acceptors (Lipinski definition) is 5. The summed E-state index contributed by atoms with van der Waals surface area (Å²) in [7, 11) is 1.38. The van der Waals surface area contributed by atoms with Crippen molar-refractivity contribution in [2.45, 2.75) is 23.8 Å². The van der Waals surface area contributed by atoms with Crippen molar-refractivity contribution in [1.29, 1.82) is 0 Å². The van der Waals surface area contributed by atoms with Crippen molar-refractivity contribution < 1.29 is 19.1 Å². The van der Waals surface area contributed by atoms with E-state index in [0.717, 1.165) is 36.8 Å². The molecule has 0 radical (unpaired) electrons. The fourth-order valence-corrected chi connectivity index (χ4v) is 4.42. The van der Waals surface area contributed by atoms with E-state index in [2.05, 4.69) is 90.0 Å². The first-order chi connectivity index (χ1) is 14.7. The highest BCUT2D eigenvalue weighted by molar-refractivity contribution is 9.14. The largest absolute Gasteiger partial charge is 0.355 e. The van der Waals surface area contributed by atoms with Gasteiger partial charge < -0.3 is 31.0 Å². The molecule has 9 nitrogen and oxygen atoms in total. The zero-order chi connectivity index (χ0) is 23.0. The van der Waals surface area contributed by atoms with Gasteiger partial charge in [-0.1, -0.05) is 0 Å². The standard InChI is InChI=1S/C18H23Br4N5O4/c1-31-18(22)9-10(26-17(18)30)15(28)24-7-3-2-5-23-6-4-8-25-16(29)13-11(19)12(20)14(21)27-13/h9,23,27H,2-8H2,1H3,(H,24,28)(H,25,29)(H,26,30). The van der Waals surface area contributed by atoms with Crippen LogP contribution in [0.15, 0.2) is 25.3 Å². The van der Waals surface area contributed by atoms with Gasteiger partial charge in [0, 0.05) is 20.2 Å². The van der Waals surface area contributed by atoms with E-state index < -0.39 is 10.4 Å². The third-order valence-electron chi connectivity index (χ3n) is 4.38. The van der Waals surface area contributed by atoms with Gasteiger partial charge in [-0.3, -0.25) is 14.4 Å². The van der Waals surface area contributed by atoms with Crippen LogP contribution in [-0.2, 0) is 14.3 Å². The maximum Gasteiger partial charge on any atom is 0.272 e. The van der Waals surface area contributed by atoms with Crippen molar-refractivity contribution in [1.82, 2.24) is 26.3 Å². The van der Waals surface area contributed by atoms with Crippen molar-refractivity contribution in [2.24, 2.45) is 0 Å². The monoisotopic (exact) mass is 689 g/mol. The number of halogens is 4. The minimum Gasteiger partial charge on any atom is -0.355 e. The first-order valence-electron chi connectivity index (χ1n) is 9.47. The van der Waals surface area contributed by atoms with Gasteiger partial charge in [0.05, 0.1) is 13.5 Å². The van der Waals surface area contributed by atoms with Crippen LogP contribution in [0.5, 0.6) is 0 Å². The molecule has 1 unspecified atom stereocenters. The molecule has 1 aromatic rings. The molecule has 1 aromatic heterocycles. The van der Waals surface area contributed by atoms with Gasteiger partial charge in [0.25, 0.3) is 17.7 Å². The molecule has 5 N–H and O–H groups in total. The van der Waals surface area contributed by atoms with Crippen molar-refractivity contribution in [3.8, 4) is 0 Å². The van der Waals surface area contributed by atoms with Crippen LogP contribution in [0.2, 0.25) is 0 Å². The van der Waals surface area contributed by atoms with Crippen molar-refractivity contribution in [2.75, 3.05) is 33.3 Å². The van der Waals surface area contributed by atoms with Crippen LogP contribution in [0.3, 0.4) is 0 Å². The maximum atomic E-state index is 12.2. The quantitative estimate of drug-likeness (QED) is 0.170. The lowest BCUT2D eigenvalue weighted by Gasteiger charge is -2.13. The molecule has 0 bridgehead atoms. The minimum absolute atomic E-state index is 0.176. The molecule has 1 aliphatic rings. The molecular weight excluding hydrogens is 670 g/mol. The molecule has 13 heteroatoms. The minimum atomic E-state index is -1.28. The second-order valence-corrected chi connectivity index (χ2v) is 10.2. The number of aromatic nitrogens is 1. The van der Waals surface area contributed by atoms with E-state index in [0.29, 0.717) is 27.9 Å². The van der Waals surface area contributed by atoms with Crippen LogP contribution in [0.25, 0.3) is 0 Å². The zero-order valence-corrected chi connectivity index (χ0v) is 23.0. The first kappa shape index (κ1) is 26.5. The number of hydrogen-bond donors (Lipinski definition) is 5. The Labute approximate surface area is 213 Å². The summed E-state index contributed by atoms with van der Waals surface area (Å²) in [5.41, 5.74) is 0.640. The molecule has 0 aromatic carbocycles. The lowest BCUT2D eigenvalue weighted by molar-refractivity contribution is -0.129. The van der Waals surface area contributed by atoms with Gasteiger partial charge in [-0.25, -0.2) is 0 Å². The SMILES string of the molecule is COC1(Br)C=C(C(=O)NCCCCNCCCNC(=O)c2[nH]c(Br)c(Br)c2Br)NC1=O. The number of rotatable bonds is 12. The molecule has 1 atom stereocenters. The van der Waals surface area contributed by atoms with E-state index in [4.69, 9.17) is 4.74 Å². The van der Waals surface area contributed by atoms with Crippen LogP contribution < -0.4 is 21.3 Å². The van der Waals surface area contributed by atoms with Crippen molar-refractivity contribution >= 4 is 81.4 Å². The molecule has 2 rings (SSSR count). The van der Waals surface area contributed by atoms with Gasteiger partial charge >= 0.3 is 0 Å². The average molecular weight is 693 g/mol. The summed E-state index contributed by atoms with van der Waals surface area (Å²) in [5, 5.41) is 11.4. The topological polar surface area (TPSA) is 124 Å². The molecule has 0 fully saturated rings. The Morgan fingerprint density at radius 3 is 2.23 bits per heavy atom. The number of ether oxygens (including phenoxy) is 1. The van der Waals surface area contributed by atoms with E-state index in [1.54, 1.807) is 0 Å². The summed E-state index contributed by atoms with van der Waals surface area (Å²) in [6.07, 6.45) is 3.89. The predicted octanol–water partition coefficient (Wildman–Crippen LogP) is 2.66. The Kier molecular flexibility index (Phi) is 10.7. The second-order valence-electron chi connectivity index (χ2n) is 6.63. The predicted molar refractivity (Wildman–Crippen MR) is 131 cm³/mol. The summed E-state index contributed by atoms with van der Waals surface area (Å²) in [6.45, 7) is 2.64. The number of H-pyrrole nitrogens is 1. The average Bonchev–Trinajstić information content (AvgIpc) is 3.19. The molecule has 1 aliphatic heterocycles. The van der Waals surface area contributed by atoms with E-state index in [9.17, 15) is 14.4 Å². The molecule has 0 saturated heterocycles. The Hall–Kier alpha value is -0.730. The third kappa shape index (κ3) is 7.39. The van der Waals surface area contributed by atoms with Gasteiger partial charge in [-0.15, -0.1) is 0 Å². The molecular formula is C18H23Br4N5O4. The van der Waals surface area contributed by atoms with Crippen LogP contribution in [0.1, 0.15) is 29.8 Å². The number of alkyl halides is 1. The zero-order valence-electron chi connectivity index (χ0n) is 16.7. The highest BCUT2D eigenvalue weighted by Crippen LogP contribution is 2.33. The number of aromatic amines is 1. The lowest BCUT2D eigenvalue weighted by atomic mass is 10.3. The number of carbonyl (C=O) groups is 3. The highest BCUT2D eigenvalue weighted by Gasteiger charge is 2.41. The van der Waals surface area contributed by atoms with Gasteiger partial charge in [-0.05, 0) is 102 Å². The Morgan fingerprint density at radius 2 is 1.61 bits per heavy atom.